The van der Waals surface area contributed by atoms with Gasteiger partial charge in [0, 0.05) is 11.4 Å². The normalized spacial score (nSPS) is 13.5. The first-order valence-electron chi connectivity index (χ1n) is 7.72. The maximum atomic E-state index is 12.7. The highest BCUT2D eigenvalue weighted by Crippen LogP contribution is 2.59. The minimum Gasteiger partial charge on any atom is -0.354 e. The standard InChI is InChI=1S/C17H20F3NO3S2/c1-16(2,15(22)21-10-9-13-4-3-11-25-13)26(23,24)14-7-5-12(6-8-14)17(18,19)20/h3-8,11,23-24H,9-10H2,1-2H3,(H,21,22). The van der Waals surface area contributed by atoms with Gasteiger partial charge in [0.05, 0.1) is 10.5 Å². The van der Waals surface area contributed by atoms with E-state index in [0.717, 1.165) is 29.1 Å². The van der Waals surface area contributed by atoms with Crippen molar-refractivity contribution in [2.75, 3.05) is 6.54 Å². The molecule has 0 saturated carbocycles. The van der Waals surface area contributed by atoms with Crippen LogP contribution in [0.25, 0.3) is 0 Å². The van der Waals surface area contributed by atoms with Crippen molar-refractivity contribution in [2.24, 2.45) is 0 Å². The first-order valence-corrected chi connectivity index (χ1v) is 10.1. The summed E-state index contributed by atoms with van der Waals surface area (Å²) in [4.78, 5) is 13.4. The van der Waals surface area contributed by atoms with Crippen LogP contribution in [-0.4, -0.2) is 26.3 Å². The van der Waals surface area contributed by atoms with Gasteiger partial charge in [0.25, 0.3) is 0 Å². The second-order valence-electron chi connectivity index (χ2n) is 6.17. The third-order valence-corrected chi connectivity index (χ3v) is 7.48. The van der Waals surface area contributed by atoms with Gasteiger partial charge in [-0.2, -0.15) is 23.8 Å². The van der Waals surface area contributed by atoms with Crippen molar-refractivity contribution in [1.82, 2.24) is 5.32 Å². The molecule has 4 nitrogen and oxygen atoms in total. The fourth-order valence-corrected chi connectivity index (χ4v) is 4.37. The number of hydrogen-bond donors (Lipinski definition) is 3. The maximum absolute atomic E-state index is 12.7. The highest BCUT2D eigenvalue weighted by molar-refractivity contribution is 8.26. The fourth-order valence-electron chi connectivity index (χ4n) is 2.22. The maximum Gasteiger partial charge on any atom is 0.416 e. The molecule has 0 unspecified atom stereocenters. The molecule has 0 fully saturated rings. The Kier molecular flexibility index (Phi) is 6.06. The Labute approximate surface area is 155 Å². The lowest BCUT2D eigenvalue weighted by molar-refractivity contribution is -0.137. The number of carbonyl (C=O) groups is 1. The highest BCUT2D eigenvalue weighted by atomic mass is 32.3. The molecule has 0 saturated heterocycles. The molecule has 144 valence electrons. The zero-order valence-electron chi connectivity index (χ0n) is 14.2. The van der Waals surface area contributed by atoms with Crippen LogP contribution in [-0.2, 0) is 17.4 Å². The average Bonchev–Trinajstić information content (AvgIpc) is 3.07. The van der Waals surface area contributed by atoms with Gasteiger partial charge in [0.15, 0.2) is 0 Å². The molecule has 1 aromatic carbocycles. The van der Waals surface area contributed by atoms with E-state index in [1.54, 1.807) is 11.3 Å². The summed E-state index contributed by atoms with van der Waals surface area (Å²) in [6, 6.07) is 7.37. The van der Waals surface area contributed by atoms with Gasteiger partial charge in [0.2, 0.25) is 5.91 Å². The Hall–Kier alpha value is -1.55. The number of alkyl halides is 3. The molecule has 0 spiro atoms. The van der Waals surface area contributed by atoms with E-state index in [0.29, 0.717) is 13.0 Å². The molecule has 1 heterocycles. The van der Waals surface area contributed by atoms with Crippen LogP contribution in [0, 0.1) is 0 Å². The van der Waals surface area contributed by atoms with Crippen LogP contribution in [0.4, 0.5) is 13.2 Å². The van der Waals surface area contributed by atoms with E-state index >= 15 is 0 Å². The first-order chi connectivity index (χ1) is 12.0. The molecule has 3 N–H and O–H groups in total. The number of benzene rings is 1. The predicted molar refractivity (Wildman–Crippen MR) is 97.7 cm³/mol. The lowest BCUT2D eigenvalue weighted by atomic mass is 10.2. The highest BCUT2D eigenvalue weighted by Gasteiger charge is 2.43. The summed E-state index contributed by atoms with van der Waals surface area (Å²) in [7, 11) is -3.66. The molecule has 2 aromatic rings. The van der Waals surface area contributed by atoms with Crippen molar-refractivity contribution in [2.45, 2.75) is 36.1 Å². The molecule has 0 bridgehead atoms. The summed E-state index contributed by atoms with van der Waals surface area (Å²) in [5.41, 5.74) is -0.894. The zero-order chi connectivity index (χ0) is 19.6. The van der Waals surface area contributed by atoms with Gasteiger partial charge in [-0.1, -0.05) is 6.07 Å². The number of nitrogens with one attached hydrogen (secondary N) is 1. The Morgan fingerprint density at radius 2 is 1.77 bits per heavy atom. The zero-order valence-corrected chi connectivity index (χ0v) is 15.8. The van der Waals surface area contributed by atoms with Crippen LogP contribution in [0.15, 0.2) is 46.7 Å². The van der Waals surface area contributed by atoms with Crippen molar-refractivity contribution < 1.29 is 27.1 Å². The van der Waals surface area contributed by atoms with E-state index < -0.39 is 33.0 Å². The third kappa shape index (κ3) is 4.40. The number of rotatable bonds is 6. The SMILES string of the molecule is CC(C)(C(=O)NCCc1cccs1)S(O)(O)c1ccc(C(F)(F)F)cc1. The molecule has 0 atom stereocenters. The molecule has 1 amide bonds. The number of thiophene rings is 1. The number of carbonyl (C=O) groups excluding carboxylic acids is 1. The van der Waals surface area contributed by atoms with Crippen molar-refractivity contribution in [3.8, 4) is 0 Å². The van der Waals surface area contributed by atoms with E-state index in [2.05, 4.69) is 5.32 Å². The quantitative estimate of drug-likeness (QED) is 0.630. The predicted octanol–water partition coefficient (Wildman–Crippen LogP) is 5.01. The number of amides is 1. The van der Waals surface area contributed by atoms with E-state index in [1.165, 1.54) is 13.8 Å². The van der Waals surface area contributed by atoms with Gasteiger partial charge < -0.3 is 5.32 Å². The van der Waals surface area contributed by atoms with Gasteiger partial charge in [-0.3, -0.25) is 13.9 Å². The van der Waals surface area contributed by atoms with E-state index in [-0.39, 0.29) is 4.90 Å². The topological polar surface area (TPSA) is 69.6 Å². The van der Waals surface area contributed by atoms with Crippen molar-refractivity contribution in [3.63, 3.8) is 0 Å². The Bertz CT molecular complexity index is 742. The van der Waals surface area contributed by atoms with Gasteiger partial charge in [0.1, 0.15) is 4.75 Å². The minimum absolute atomic E-state index is 0.107. The third-order valence-electron chi connectivity index (χ3n) is 4.01. The largest absolute Gasteiger partial charge is 0.416 e. The van der Waals surface area contributed by atoms with Crippen molar-refractivity contribution >= 4 is 27.8 Å². The molecule has 0 aliphatic heterocycles. The summed E-state index contributed by atoms with van der Waals surface area (Å²) < 4.78 is 57.5. The summed E-state index contributed by atoms with van der Waals surface area (Å²) in [6.45, 7) is 3.05. The Morgan fingerprint density at radius 3 is 2.27 bits per heavy atom. The van der Waals surface area contributed by atoms with Gasteiger partial charge in [-0.05, 0) is 56.0 Å². The molecule has 26 heavy (non-hydrogen) atoms. The average molecular weight is 407 g/mol. The van der Waals surface area contributed by atoms with Crippen LogP contribution in [0.2, 0.25) is 0 Å². The summed E-state index contributed by atoms with van der Waals surface area (Å²) in [6.07, 6.45) is -3.91. The second-order valence-corrected chi connectivity index (χ2v) is 9.79. The van der Waals surface area contributed by atoms with Gasteiger partial charge in [-0.25, -0.2) is 0 Å². The Balaban J connectivity index is 2.10. The van der Waals surface area contributed by atoms with Crippen LogP contribution in [0.5, 0.6) is 0 Å². The molecule has 0 radical (unpaired) electrons. The summed E-state index contributed by atoms with van der Waals surface area (Å²) in [5, 5.41) is 4.58. The molecule has 0 aliphatic carbocycles. The van der Waals surface area contributed by atoms with Gasteiger partial charge in [-0.15, -0.1) is 11.3 Å². The minimum atomic E-state index is -4.52. The number of hydrogen-bond acceptors (Lipinski definition) is 4. The second kappa shape index (κ2) is 7.59. The smallest absolute Gasteiger partial charge is 0.354 e. The molecular formula is C17H20F3NO3S2. The first kappa shape index (κ1) is 20.8. The Morgan fingerprint density at radius 1 is 1.15 bits per heavy atom. The molecule has 9 heteroatoms. The molecular weight excluding hydrogens is 387 g/mol. The lowest BCUT2D eigenvalue weighted by Gasteiger charge is -2.45. The van der Waals surface area contributed by atoms with Crippen molar-refractivity contribution in [3.05, 3.63) is 52.2 Å². The van der Waals surface area contributed by atoms with Crippen LogP contribution in [0.3, 0.4) is 0 Å². The van der Waals surface area contributed by atoms with E-state index in [9.17, 15) is 27.1 Å². The summed E-state index contributed by atoms with van der Waals surface area (Å²) in [5.74, 6) is -0.575. The monoisotopic (exact) mass is 407 g/mol. The number of halogens is 3. The fraction of sp³-hybridized carbons (Fsp3) is 0.353. The van der Waals surface area contributed by atoms with Crippen molar-refractivity contribution in [1.29, 1.82) is 0 Å². The van der Waals surface area contributed by atoms with Gasteiger partial charge >= 0.3 is 6.18 Å². The van der Waals surface area contributed by atoms with E-state index in [4.69, 9.17) is 0 Å². The van der Waals surface area contributed by atoms with E-state index in [1.807, 2.05) is 17.5 Å². The molecule has 2 rings (SSSR count). The van der Waals surface area contributed by atoms with Crippen LogP contribution < -0.4 is 5.32 Å². The lowest BCUT2D eigenvalue weighted by Crippen LogP contribution is -2.46. The molecule has 1 aromatic heterocycles. The molecule has 0 aliphatic rings. The van der Waals surface area contributed by atoms with Crippen LogP contribution in [0.1, 0.15) is 24.3 Å². The van der Waals surface area contributed by atoms with Crippen LogP contribution >= 0.6 is 21.9 Å². The summed E-state index contributed by atoms with van der Waals surface area (Å²) >= 11 is 1.55.